The molecule has 0 spiro atoms. The lowest BCUT2D eigenvalue weighted by Gasteiger charge is -2.13. The number of hydrogen-bond acceptors (Lipinski definition) is 3. The predicted octanol–water partition coefficient (Wildman–Crippen LogP) is 4.62. The fraction of sp³-hybridized carbons (Fsp3) is 0. The molecule has 1 aromatic carbocycles. The van der Waals surface area contributed by atoms with Gasteiger partial charge in [-0.15, -0.1) is 0 Å². The van der Waals surface area contributed by atoms with Crippen molar-refractivity contribution in [1.82, 2.24) is 4.98 Å². The van der Waals surface area contributed by atoms with Gasteiger partial charge in [0.25, 0.3) is 0 Å². The molecule has 2 rings (SSSR count). The first-order valence-electron chi connectivity index (χ1n) is 4.79. The van der Waals surface area contributed by atoms with Crippen molar-refractivity contribution in [2.45, 2.75) is 0 Å². The Hall–Kier alpha value is -1.04. The van der Waals surface area contributed by atoms with Crippen LogP contribution in [0.5, 0.6) is 0 Å². The third-order valence-electron chi connectivity index (χ3n) is 2.19. The maximum Gasteiger partial charge on any atom is 0.126 e. The third kappa shape index (κ3) is 2.68. The fourth-order valence-corrected chi connectivity index (χ4v) is 2.37. The summed E-state index contributed by atoms with van der Waals surface area (Å²) in [7, 11) is 0. The lowest BCUT2D eigenvalue weighted by Crippen LogP contribution is -1.99. The smallest absolute Gasteiger partial charge is 0.126 e. The number of nitrogens with two attached hydrogens (primary N) is 1. The van der Waals surface area contributed by atoms with E-state index >= 15 is 0 Å². The Morgan fingerprint density at radius 1 is 1.17 bits per heavy atom. The number of pyridine rings is 1. The Bertz CT molecular complexity index is 564. The Kier molecular flexibility index (Phi) is 3.94. The predicted molar refractivity (Wildman–Crippen MR) is 76.1 cm³/mol. The first-order chi connectivity index (χ1) is 8.49. The molecule has 3 nitrogen and oxygen atoms in total. The van der Waals surface area contributed by atoms with E-state index in [0.717, 1.165) is 0 Å². The standard InChI is InChI=1S/C11H7BrCl2FN3/c12-6-3-17-4-9(16)10(6)18-11-7(13)1-5(15)2-8(11)14/h1-4H,16H2,(H,17,18). The van der Waals surface area contributed by atoms with Crippen molar-refractivity contribution in [2.24, 2.45) is 0 Å². The second kappa shape index (κ2) is 5.30. The monoisotopic (exact) mass is 349 g/mol. The van der Waals surface area contributed by atoms with Crippen LogP contribution in [0, 0.1) is 5.82 Å². The van der Waals surface area contributed by atoms with Crippen LogP contribution in [0.25, 0.3) is 0 Å². The third-order valence-corrected chi connectivity index (χ3v) is 3.38. The molecule has 94 valence electrons. The molecule has 0 saturated heterocycles. The van der Waals surface area contributed by atoms with E-state index in [4.69, 9.17) is 28.9 Å². The molecule has 0 amide bonds. The van der Waals surface area contributed by atoms with Gasteiger partial charge < -0.3 is 11.1 Å². The zero-order valence-electron chi connectivity index (χ0n) is 8.85. The summed E-state index contributed by atoms with van der Waals surface area (Å²) >= 11 is 15.2. The van der Waals surface area contributed by atoms with Gasteiger partial charge in [-0.1, -0.05) is 23.2 Å². The van der Waals surface area contributed by atoms with Crippen molar-refractivity contribution < 1.29 is 4.39 Å². The molecule has 7 heteroatoms. The summed E-state index contributed by atoms with van der Waals surface area (Å²) in [6, 6.07) is 2.34. The van der Waals surface area contributed by atoms with Crippen LogP contribution in [0.1, 0.15) is 0 Å². The number of aromatic nitrogens is 1. The van der Waals surface area contributed by atoms with Crippen LogP contribution in [-0.4, -0.2) is 4.98 Å². The maximum absolute atomic E-state index is 13.1. The number of halogens is 4. The summed E-state index contributed by atoms with van der Waals surface area (Å²) in [5.41, 5.74) is 7.16. The highest BCUT2D eigenvalue weighted by Crippen LogP contribution is 2.37. The van der Waals surface area contributed by atoms with E-state index in [-0.39, 0.29) is 10.0 Å². The Morgan fingerprint density at radius 2 is 1.78 bits per heavy atom. The van der Waals surface area contributed by atoms with Crippen LogP contribution in [0.4, 0.5) is 21.5 Å². The molecule has 0 fully saturated rings. The SMILES string of the molecule is Nc1cncc(Br)c1Nc1c(Cl)cc(F)cc1Cl. The van der Waals surface area contributed by atoms with Crippen LogP contribution >= 0.6 is 39.1 Å². The molecule has 0 bridgehead atoms. The van der Waals surface area contributed by atoms with E-state index in [1.165, 1.54) is 18.3 Å². The van der Waals surface area contributed by atoms with E-state index in [0.29, 0.717) is 21.5 Å². The number of nitrogens with one attached hydrogen (secondary N) is 1. The molecule has 1 aromatic heterocycles. The summed E-state index contributed by atoms with van der Waals surface area (Å²) in [4.78, 5) is 3.91. The zero-order chi connectivity index (χ0) is 13.3. The van der Waals surface area contributed by atoms with Gasteiger partial charge in [0.2, 0.25) is 0 Å². The number of benzene rings is 1. The summed E-state index contributed by atoms with van der Waals surface area (Å²) in [5, 5.41) is 3.30. The van der Waals surface area contributed by atoms with Crippen molar-refractivity contribution in [3.05, 3.63) is 44.9 Å². The minimum absolute atomic E-state index is 0.170. The second-order valence-corrected chi connectivity index (χ2v) is 5.12. The highest BCUT2D eigenvalue weighted by molar-refractivity contribution is 9.10. The second-order valence-electron chi connectivity index (χ2n) is 3.45. The Balaban J connectivity index is 2.47. The summed E-state index contributed by atoms with van der Waals surface area (Å²) < 4.78 is 13.7. The number of rotatable bonds is 2. The van der Waals surface area contributed by atoms with Crippen molar-refractivity contribution in [3.8, 4) is 0 Å². The van der Waals surface area contributed by atoms with E-state index in [1.54, 1.807) is 6.20 Å². The highest BCUT2D eigenvalue weighted by Gasteiger charge is 2.12. The van der Waals surface area contributed by atoms with E-state index in [9.17, 15) is 4.39 Å². The quantitative estimate of drug-likeness (QED) is 0.831. The van der Waals surface area contributed by atoms with Crippen LogP contribution in [-0.2, 0) is 0 Å². The Morgan fingerprint density at radius 3 is 2.33 bits per heavy atom. The van der Waals surface area contributed by atoms with Gasteiger partial charge in [0.1, 0.15) is 5.82 Å². The normalized spacial score (nSPS) is 10.4. The minimum Gasteiger partial charge on any atom is -0.396 e. The van der Waals surface area contributed by atoms with Crippen LogP contribution in [0.2, 0.25) is 10.0 Å². The van der Waals surface area contributed by atoms with Crippen LogP contribution in [0.3, 0.4) is 0 Å². The molecule has 0 aliphatic rings. The van der Waals surface area contributed by atoms with Gasteiger partial charge in [-0.05, 0) is 28.1 Å². The van der Waals surface area contributed by atoms with Gasteiger partial charge in [-0.25, -0.2) is 4.39 Å². The summed E-state index contributed by atoms with van der Waals surface area (Å²) in [5.74, 6) is -0.502. The van der Waals surface area contributed by atoms with Gasteiger partial charge in [0, 0.05) is 6.20 Å². The first kappa shape index (κ1) is 13.4. The maximum atomic E-state index is 13.1. The van der Waals surface area contributed by atoms with E-state index < -0.39 is 5.82 Å². The number of nitrogen functional groups attached to an aromatic ring is 1. The molecular formula is C11H7BrCl2FN3. The van der Waals surface area contributed by atoms with Gasteiger partial charge in [0.15, 0.2) is 0 Å². The lowest BCUT2D eigenvalue weighted by atomic mass is 10.2. The molecule has 0 saturated carbocycles. The van der Waals surface area contributed by atoms with Crippen LogP contribution in [0.15, 0.2) is 29.0 Å². The zero-order valence-corrected chi connectivity index (χ0v) is 11.9. The van der Waals surface area contributed by atoms with Crippen molar-refractivity contribution in [1.29, 1.82) is 0 Å². The molecule has 0 unspecified atom stereocenters. The van der Waals surface area contributed by atoms with Crippen molar-refractivity contribution in [3.63, 3.8) is 0 Å². The molecule has 18 heavy (non-hydrogen) atoms. The fourth-order valence-electron chi connectivity index (χ4n) is 1.37. The molecular weight excluding hydrogens is 344 g/mol. The molecule has 1 heterocycles. The summed E-state index contributed by atoms with van der Waals surface area (Å²) in [6.45, 7) is 0. The average molecular weight is 351 g/mol. The molecule has 0 atom stereocenters. The van der Waals surface area contributed by atoms with Gasteiger partial charge in [-0.2, -0.15) is 0 Å². The largest absolute Gasteiger partial charge is 0.396 e. The van der Waals surface area contributed by atoms with Crippen molar-refractivity contribution in [2.75, 3.05) is 11.1 Å². The molecule has 0 aliphatic carbocycles. The number of nitrogens with zero attached hydrogens (tertiary/aromatic N) is 1. The molecule has 2 aromatic rings. The topological polar surface area (TPSA) is 50.9 Å². The number of hydrogen-bond donors (Lipinski definition) is 2. The molecule has 0 radical (unpaired) electrons. The van der Waals surface area contributed by atoms with Gasteiger partial charge in [-0.3, -0.25) is 4.98 Å². The molecule has 0 aliphatic heterocycles. The lowest BCUT2D eigenvalue weighted by molar-refractivity contribution is 0.628. The highest BCUT2D eigenvalue weighted by atomic mass is 79.9. The van der Waals surface area contributed by atoms with Crippen LogP contribution < -0.4 is 11.1 Å². The van der Waals surface area contributed by atoms with E-state index in [2.05, 4.69) is 26.2 Å². The summed E-state index contributed by atoms with van der Waals surface area (Å²) in [6.07, 6.45) is 3.06. The number of anilines is 3. The van der Waals surface area contributed by atoms with Crippen molar-refractivity contribution >= 4 is 56.2 Å². The minimum atomic E-state index is -0.502. The van der Waals surface area contributed by atoms with E-state index in [1.807, 2.05) is 0 Å². The van der Waals surface area contributed by atoms with Gasteiger partial charge >= 0.3 is 0 Å². The average Bonchev–Trinajstić information content (AvgIpc) is 2.26. The van der Waals surface area contributed by atoms with Gasteiger partial charge in [0.05, 0.1) is 37.8 Å². The molecule has 3 N–H and O–H groups in total. The Labute approximate surface area is 121 Å². The first-order valence-corrected chi connectivity index (χ1v) is 6.34.